The average Bonchev–Trinajstić information content (AvgIpc) is 2.80. The molecule has 2 rings (SSSR count). The maximum absolute atomic E-state index is 12.5. The zero-order chi connectivity index (χ0) is 14.0. The summed E-state index contributed by atoms with van der Waals surface area (Å²) in [5.41, 5.74) is 0. The molecule has 7 nitrogen and oxygen atoms in total. The molecule has 0 bridgehead atoms. The quantitative estimate of drug-likeness (QED) is 0.722. The predicted molar refractivity (Wildman–Crippen MR) is 65.8 cm³/mol. The van der Waals surface area contributed by atoms with Crippen LogP contribution in [-0.2, 0) is 9.53 Å². The number of aliphatic hydroxyl groups excluding tert-OH is 1. The van der Waals surface area contributed by atoms with Crippen LogP contribution in [0, 0.1) is 0 Å². The number of nitrogens with zero attached hydrogens (tertiary/aromatic N) is 2. The van der Waals surface area contributed by atoms with Gasteiger partial charge in [0.25, 0.3) is 0 Å². The number of likely N-dealkylation sites (tertiary alicyclic amines) is 1. The number of hydrogen-bond acceptors (Lipinski definition) is 4. The summed E-state index contributed by atoms with van der Waals surface area (Å²) in [6.07, 6.45) is 0.105. The standard InChI is InChI=1S/C12H20N2O5/c1-2-8-7-19-4-3-13(8)12(18)14-6-9(15)5-10(14)11(16)17/h8-10,15H,2-7H2,1H3,(H,16,17)/t8?,9-,10+/m1/s1. The molecule has 0 aromatic rings. The molecule has 7 heteroatoms. The van der Waals surface area contributed by atoms with Crippen LogP contribution in [0.5, 0.6) is 0 Å². The number of carbonyl (C=O) groups is 2. The summed E-state index contributed by atoms with van der Waals surface area (Å²) in [6, 6.07) is -1.25. The van der Waals surface area contributed by atoms with E-state index in [9.17, 15) is 14.7 Å². The minimum absolute atomic E-state index is 0.0200. The predicted octanol–water partition coefficient (Wildman–Crippen LogP) is -0.263. The molecule has 0 spiro atoms. The summed E-state index contributed by atoms with van der Waals surface area (Å²) in [5.74, 6) is -1.06. The van der Waals surface area contributed by atoms with E-state index in [-0.39, 0.29) is 25.0 Å². The second-order valence-electron chi connectivity index (χ2n) is 5.01. The Labute approximate surface area is 111 Å². The minimum atomic E-state index is -1.06. The first-order valence-electron chi connectivity index (χ1n) is 6.60. The van der Waals surface area contributed by atoms with Crippen LogP contribution in [0.15, 0.2) is 0 Å². The second kappa shape index (κ2) is 5.75. The molecule has 2 fully saturated rings. The van der Waals surface area contributed by atoms with E-state index in [0.717, 1.165) is 6.42 Å². The molecular formula is C12H20N2O5. The van der Waals surface area contributed by atoms with Crippen LogP contribution in [0.25, 0.3) is 0 Å². The Morgan fingerprint density at radius 3 is 2.74 bits per heavy atom. The molecule has 2 heterocycles. The molecule has 0 aromatic carbocycles. The third-order valence-corrected chi connectivity index (χ3v) is 3.75. The molecule has 19 heavy (non-hydrogen) atoms. The van der Waals surface area contributed by atoms with Crippen LogP contribution in [0.2, 0.25) is 0 Å². The summed E-state index contributed by atoms with van der Waals surface area (Å²) in [5, 5.41) is 18.7. The van der Waals surface area contributed by atoms with Gasteiger partial charge in [-0.25, -0.2) is 9.59 Å². The Balaban J connectivity index is 2.11. The molecule has 0 radical (unpaired) electrons. The SMILES string of the molecule is CCC1COCCN1C(=O)N1C[C@H](O)C[C@H]1C(=O)O. The van der Waals surface area contributed by atoms with E-state index in [1.807, 2.05) is 6.92 Å². The molecular weight excluding hydrogens is 252 g/mol. The summed E-state index contributed by atoms with van der Waals surface area (Å²) in [6.45, 7) is 3.47. The van der Waals surface area contributed by atoms with Crippen molar-refractivity contribution in [3.05, 3.63) is 0 Å². The highest BCUT2D eigenvalue weighted by Gasteiger charge is 2.42. The van der Waals surface area contributed by atoms with Crippen LogP contribution in [0.4, 0.5) is 4.79 Å². The molecule has 108 valence electrons. The van der Waals surface area contributed by atoms with Gasteiger partial charge < -0.3 is 24.7 Å². The van der Waals surface area contributed by atoms with Crippen molar-refractivity contribution in [3.8, 4) is 0 Å². The Bertz CT molecular complexity index is 362. The van der Waals surface area contributed by atoms with E-state index in [1.54, 1.807) is 4.90 Å². The van der Waals surface area contributed by atoms with E-state index in [2.05, 4.69) is 0 Å². The average molecular weight is 272 g/mol. The van der Waals surface area contributed by atoms with Gasteiger partial charge in [0.15, 0.2) is 0 Å². The van der Waals surface area contributed by atoms with Crippen LogP contribution in [0.1, 0.15) is 19.8 Å². The second-order valence-corrected chi connectivity index (χ2v) is 5.01. The molecule has 0 aromatic heterocycles. The van der Waals surface area contributed by atoms with E-state index in [1.165, 1.54) is 4.90 Å². The monoisotopic (exact) mass is 272 g/mol. The number of β-amino-alcohol motifs (C(OH)–C–C–N with tert-alkyl or cyclic N) is 1. The van der Waals surface area contributed by atoms with E-state index >= 15 is 0 Å². The number of ether oxygens (including phenoxy) is 1. The number of amides is 2. The van der Waals surface area contributed by atoms with Crippen LogP contribution < -0.4 is 0 Å². The topological polar surface area (TPSA) is 90.3 Å². The largest absolute Gasteiger partial charge is 0.480 e. The van der Waals surface area contributed by atoms with Crippen molar-refractivity contribution in [1.82, 2.24) is 9.80 Å². The van der Waals surface area contributed by atoms with Gasteiger partial charge in [-0.15, -0.1) is 0 Å². The van der Waals surface area contributed by atoms with Crippen molar-refractivity contribution in [3.63, 3.8) is 0 Å². The molecule has 0 aliphatic carbocycles. The zero-order valence-corrected chi connectivity index (χ0v) is 11.0. The number of carboxylic acid groups (broad SMARTS) is 1. The maximum Gasteiger partial charge on any atom is 0.326 e. The van der Waals surface area contributed by atoms with Crippen molar-refractivity contribution in [2.45, 2.75) is 38.0 Å². The van der Waals surface area contributed by atoms with Crippen molar-refractivity contribution in [2.75, 3.05) is 26.3 Å². The number of carbonyl (C=O) groups excluding carboxylic acids is 1. The van der Waals surface area contributed by atoms with Crippen LogP contribution in [0.3, 0.4) is 0 Å². The van der Waals surface area contributed by atoms with Gasteiger partial charge in [-0.3, -0.25) is 0 Å². The van der Waals surface area contributed by atoms with E-state index in [4.69, 9.17) is 9.84 Å². The third-order valence-electron chi connectivity index (χ3n) is 3.75. The fourth-order valence-corrected chi connectivity index (χ4v) is 2.67. The van der Waals surface area contributed by atoms with Gasteiger partial charge in [-0.05, 0) is 6.42 Å². The smallest absolute Gasteiger partial charge is 0.326 e. The summed E-state index contributed by atoms with van der Waals surface area (Å²) < 4.78 is 5.33. The van der Waals surface area contributed by atoms with Crippen molar-refractivity contribution in [2.24, 2.45) is 0 Å². The normalized spacial score (nSPS) is 31.6. The number of aliphatic hydroxyl groups is 1. The summed E-state index contributed by atoms with van der Waals surface area (Å²) >= 11 is 0. The van der Waals surface area contributed by atoms with Gasteiger partial charge in [0.1, 0.15) is 6.04 Å². The number of urea groups is 1. The number of rotatable bonds is 2. The molecule has 1 unspecified atom stereocenters. The first-order valence-corrected chi connectivity index (χ1v) is 6.60. The Morgan fingerprint density at radius 1 is 1.37 bits per heavy atom. The van der Waals surface area contributed by atoms with Gasteiger partial charge in [-0.1, -0.05) is 6.92 Å². The summed E-state index contributed by atoms with van der Waals surface area (Å²) in [7, 11) is 0. The maximum atomic E-state index is 12.5. The fraction of sp³-hybridized carbons (Fsp3) is 0.833. The number of hydrogen-bond donors (Lipinski definition) is 2. The highest BCUT2D eigenvalue weighted by Crippen LogP contribution is 2.22. The van der Waals surface area contributed by atoms with Gasteiger partial charge in [0.2, 0.25) is 0 Å². The van der Waals surface area contributed by atoms with Gasteiger partial charge in [-0.2, -0.15) is 0 Å². The van der Waals surface area contributed by atoms with Gasteiger partial charge in [0, 0.05) is 19.5 Å². The molecule has 2 saturated heterocycles. The van der Waals surface area contributed by atoms with Crippen molar-refractivity contribution >= 4 is 12.0 Å². The highest BCUT2D eigenvalue weighted by molar-refractivity contribution is 5.83. The Morgan fingerprint density at radius 2 is 2.11 bits per heavy atom. The van der Waals surface area contributed by atoms with Gasteiger partial charge in [0.05, 0.1) is 25.4 Å². The number of morpholine rings is 1. The van der Waals surface area contributed by atoms with E-state index in [0.29, 0.717) is 19.8 Å². The Hall–Kier alpha value is -1.34. The third kappa shape index (κ3) is 2.82. The molecule has 3 atom stereocenters. The highest BCUT2D eigenvalue weighted by atomic mass is 16.5. The molecule has 0 saturated carbocycles. The lowest BCUT2D eigenvalue weighted by molar-refractivity contribution is -0.141. The van der Waals surface area contributed by atoms with Crippen molar-refractivity contribution < 1.29 is 24.5 Å². The molecule has 2 N–H and O–H groups in total. The van der Waals surface area contributed by atoms with Crippen LogP contribution >= 0.6 is 0 Å². The number of aliphatic carboxylic acids is 1. The first-order chi connectivity index (χ1) is 9.04. The number of carboxylic acids is 1. The lowest BCUT2D eigenvalue weighted by Crippen LogP contribution is -2.55. The van der Waals surface area contributed by atoms with E-state index < -0.39 is 18.1 Å². The summed E-state index contributed by atoms with van der Waals surface area (Å²) in [4.78, 5) is 26.5. The minimum Gasteiger partial charge on any atom is -0.480 e. The van der Waals surface area contributed by atoms with Crippen molar-refractivity contribution in [1.29, 1.82) is 0 Å². The Kier molecular flexibility index (Phi) is 4.26. The lowest BCUT2D eigenvalue weighted by Gasteiger charge is -2.38. The fourth-order valence-electron chi connectivity index (χ4n) is 2.67. The first kappa shape index (κ1) is 14.1. The van der Waals surface area contributed by atoms with Gasteiger partial charge >= 0.3 is 12.0 Å². The zero-order valence-electron chi connectivity index (χ0n) is 11.0. The van der Waals surface area contributed by atoms with Crippen LogP contribution in [-0.4, -0.2) is 76.5 Å². The lowest BCUT2D eigenvalue weighted by atomic mass is 10.2. The molecule has 2 aliphatic rings. The molecule has 2 aliphatic heterocycles. The molecule has 2 amide bonds.